The molecule has 0 bridgehead atoms. The smallest absolute Gasteiger partial charge is 0.243 e. The van der Waals surface area contributed by atoms with Gasteiger partial charge in [0.1, 0.15) is 5.75 Å². The van der Waals surface area contributed by atoms with Gasteiger partial charge >= 0.3 is 0 Å². The summed E-state index contributed by atoms with van der Waals surface area (Å²) in [4.78, 5) is 0.335. The lowest BCUT2D eigenvalue weighted by Crippen LogP contribution is -2.34. The van der Waals surface area contributed by atoms with Crippen LogP contribution in [0.25, 0.3) is 0 Å². The Morgan fingerprint density at radius 2 is 2.05 bits per heavy atom. The molecule has 0 radical (unpaired) electrons. The van der Waals surface area contributed by atoms with Gasteiger partial charge in [-0.3, -0.25) is 0 Å². The molecule has 0 aliphatic carbocycles. The topological polar surface area (TPSA) is 55.8 Å². The number of rotatable bonds is 5. The second-order valence-electron chi connectivity index (χ2n) is 5.51. The van der Waals surface area contributed by atoms with Crippen LogP contribution in [0, 0.1) is 13.8 Å². The first-order chi connectivity index (χ1) is 9.86. The van der Waals surface area contributed by atoms with Crippen LogP contribution in [-0.4, -0.2) is 46.1 Å². The Morgan fingerprint density at radius 1 is 1.33 bits per heavy atom. The third kappa shape index (κ3) is 3.39. The van der Waals surface area contributed by atoms with E-state index >= 15 is 0 Å². The first-order valence-corrected chi connectivity index (χ1v) is 8.53. The number of benzene rings is 1. The molecule has 1 unspecified atom stereocenters. The van der Waals surface area contributed by atoms with Crippen molar-refractivity contribution in [3.8, 4) is 5.75 Å². The molecule has 6 heteroatoms. The molecule has 0 saturated carbocycles. The molecule has 0 aromatic heterocycles. The second kappa shape index (κ2) is 6.34. The van der Waals surface area contributed by atoms with Crippen LogP contribution >= 0.6 is 0 Å². The molecule has 1 saturated heterocycles. The molecule has 21 heavy (non-hydrogen) atoms. The summed E-state index contributed by atoms with van der Waals surface area (Å²) >= 11 is 0. The number of aryl methyl sites for hydroxylation is 2. The van der Waals surface area contributed by atoms with Crippen LogP contribution in [0.5, 0.6) is 5.75 Å². The van der Waals surface area contributed by atoms with E-state index in [4.69, 9.17) is 9.47 Å². The molecular formula is C15H23NO4S. The molecule has 1 heterocycles. The van der Waals surface area contributed by atoms with Crippen molar-refractivity contribution in [2.45, 2.75) is 37.7 Å². The first-order valence-electron chi connectivity index (χ1n) is 7.09. The van der Waals surface area contributed by atoms with Crippen LogP contribution in [0.15, 0.2) is 17.0 Å². The molecule has 2 rings (SSSR count). The third-order valence-corrected chi connectivity index (χ3v) is 5.83. The summed E-state index contributed by atoms with van der Waals surface area (Å²) in [7, 11) is -0.317. The minimum atomic E-state index is -3.51. The predicted octanol–water partition coefficient (Wildman–Crippen LogP) is 2.11. The van der Waals surface area contributed by atoms with Crippen molar-refractivity contribution in [1.29, 1.82) is 0 Å². The van der Waals surface area contributed by atoms with Gasteiger partial charge in [-0.2, -0.15) is 4.31 Å². The fraction of sp³-hybridized carbons (Fsp3) is 0.600. The number of likely N-dealkylation sites (N-methyl/N-ethyl adjacent to an activating group) is 1. The highest BCUT2D eigenvalue weighted by Crippen LogP contribution is 2.27. The Morgan fingerprint density at radius 3 is 2.62 bits per heavy atom. The highest BCUT2D eigenvalue weighted by Gasteiger charge is 2.27. The zero-order valence-corrected chi connectivity index (χ0v) is 13.9. The van der Waals surface area contributed by atoms with E-state index in [2.05, 4.69) is 0 Å². The van der Waals surface area contributed by atoms with Gasteiger partial charge < -0.3 is 9.47 Å². The SMILES string of the molecule is COc1cc(C)c(S(=O)(=O)N(C)CC2CCCO2)cc1C. The molecule has 1 fully saturated rings. The number of hydrogen-bond acceptors (Lipinski definition) is 4. The minimum Gasteiger partial charge on any atom is -0.496 e. The van der Waals surface area contributed by atoms with Crippen LogP contribution in [0.4, 0.5) is 0 Å². The Labute approximate surface area is 126 Å². The van der Waals surface area contributed by atoms with Gasteiger partial charge in [-0.15, -0.1) is 0 Å². The Kier molecular flexibility index (Phi) is 4.91. The fourth-order valence-corrected chi connectivity index (χ4v) is 4.09. The maximum Gasteiger partial charge on any atom is 0.243 e. The molecule has 1 aliphatic heterocycles. The molecule has 1 aliphatic rings. The van der Waals surface area contributed by atoms with Crippen molar-refractivity contribution in [1.82, 2.24) is 4.31 Å². The third-order valence-electron chi connectivity index (χ3n) is 3.87. The average molecular weight is 313 g/mol. The molecule has 118 valence electrons. The van der Waals surface area contributed by atoms with E-state index in [-0.39, 0.29) is 6.10 Å². The van der Waals surface area contributed by atoms with E-state index < -0.39 is 10.0 Å². The second-order valence-corrected chi connectivity index (χ2v) is 7.52. The summed E-state index contributed by atoms with van der Waals surface area (Å²) in [5, 5.41) is 0. The largest absolute Gasteiger partial charge is 0.496 e. The predicted molar refractivity (Wildman–Crippen MR) is 81.3 cm³/mol. The lowest BCUT2D eigenvalue weighted by molar-refractivity contribution is 0.0979. The van der Waals surface area contributed by atoms with Crippen LogP contribution in [0.1, 0.15) is 24.0 Å². The van der Waals surface area contributed by atoms with Crippen molar-refractivity contribution in [2.24, 2.45) is 0 Å². The Balaban J connectivity index is 2.28. The molecular weight excluding hydrogens is 290 g/mol. The van der Waals surface area contributed by atoms with Gasteiger partial charge in [-0.1, -0.05) is 0 Å². The van der Waals surface area contributed by atoms with E-state index in [0.29, 0.717) is 22.8 Å². The van der Waals surface area contributed by atoms with Gasteiger partial charge in [0.05, 0.1) is 18.1 Å². The maximum atomic E-state index is 12.7. The minimum absolute atomic E-state index is 0.00410. The number of sulfonamides is 1. The van der Waals surface area contributed by atoms with E-state index in [0.717, 1.165) is 25.0 Å². The highest BCUT2D eigenvalue weighted by molar-refractivity contribution is 7.89. The number of nitrogens with zero attached hydrogens (tertiary/aromatic N) is 1. The summed E-state index contributed by atoms with van der Waals surface area (Å²) in [6.07, 6.45) is 1.92. The molecule has 0 amide bonds. The highest BCUT2D eigenvalue weighted by atomic mass is 32.2. The number of hydrogen-bond donors (Lipinski definition) is 0. The zero-order chi connectivity index (χ0) is 15.6. The maximum absolute atomic E-state index is 12.7. The summed E-state index contributed by atoms with van der Waals surface area (Å²) in [6, 6.07) is 3.44. The van der Waals surface area contributed by atoms with E-state index in [9.17, 15) is 8.42 Å². The summed E-state index contributed by atoms with van der Waals surface area (Å²) in [5.41, 5.74) is 1.50. The zero-order valence-electron chi connectivity index (χ0n) is 13.0. The lowest BCUT2D eigenvalue weighted by atomic mass is 10.1. The van der Waals surface area contributed by atoms with Crippen molar-refractivity contribution in [3.05, 3.63) is 23.3 Å². The monoisotopic (exact) mass is 313 g/mol. The van der Waals surface area contributed by atoms with Crippen LogP contribution in [0.2, 0.25) is 0 Å². The molecule has 1 aromatic carbocycles. The normalized spacial score (nSPS) is 19.2. The molecule has 0 N–H and O–H groups in total. The lowest BCUT2D eigenvalue weighted by Gasteiger charge is -2.22. The van der Waals surface area contributed by atoms with Gasteiger partial charge in [0.2, 0.25) is 10.0 Å². The van der Waals surface area contributed by atoms with Gasteiger partial charge in [0.15, 0.2) is 0 Å². The summed E-state index contributed by atoms with van der Waals surface area (Å²) < 4.78 is 37.6. The van der Waals surface area contributed by atoms with Crippen molar-refractivity contribution >= 4 is 10.0 Å². The molecule has 5 nitrogen and oxygen atoms in total. The van der Waals surface area contributed by atoms with Crippen molar-refractivity contribution in [3.63, 3.8) is 0 Å². The van der Waals surface area contributed by atoms with Gasteiger partial charge in [0, 0.05) is 20.2 Å². The summed E-state index contributed by atoms with van der Waals surface area (Å²) in [6.45, 7) is 4.75. The quantitative estimate of drug-likeness (QED) is 0.835. The van der Waals surface area contributed by atoms with Crippen molar-refractivity contribution in [2.75, 3.05) is 27.3 Å². The number of ether oxygens (including phenoxy) is 2. The van der Waals surface area contributed by atoms with Crippen molar-refractivity contribution < 1.29 is 17.9 Å². The van der Waals surface area contributed by atoms with Crippen LogP contribution in [0.3, 0.4) is 0 Å². The fourth-order valence-electron chi connectivity index (χ4n) is 2.60. The standard InChI is InChI=1S/C15H23NO4S/c1-11-9-15(12(2)8-14(11)19-4)21(17,18)16(3)10-13-6-5-7-20-13/h8-9,13H,5-7,10H2,1-4H3. The molecule has 1 aromatic rings. The van der Waals surface area contributed by atoms with Gasteiger partial charge in [-0.25, -0.2) is 8.42 Å². The average Bonchev–Trinajstić information content (AvgIpc) is 2.93. The first kappa shape index (κ1) is 16.3. The number of methoxy groups -OCH3 is 1. The Bertz CT molecular complexity index is 606. The van der Waals surface area contributed by atoms with Crippen LogP contribution in [-0.2, 0) is 14.8 Å². The van der Waals surface area contributed by atoms with E-state index in [1.54, 1.807) is 33.2 Å². The van der Waals surface area contributed by atoms with Gasteiger partial charge in [-0.05, 0) is 49.9 Å². The molecule has 1 atom stereocenters. The Hall–Kier alpha value is -1.11. The summed E-state index contributed by atoms with van der Waals surface area (Å²) in [5.74, 6) is 0.702. The van der Waals surface area contributed by atoms with E-state index in [1.807, 2.05) is 6.92 Å². The van der Waals surface area contributed by atoms with E-state index in [1.165, 1.54) is 4.31 Å². The van der Waals surface area contributed by atoms with Crippen LogP contribution < -0.4 is 4.74 Å². The molecule has 0 spiro atoms. The van der Waals surface area contributed by atoms with Gasteiger partial charge in [0.25, 0.3) is 0 Å².